The topological polar surface area (TPSA) is 40.5 Å². The highest BCUT2D eigenvalue weighted by Gasteiger charge is 2.06. The van der Waals surface area contributed by atoms with E-state index in [1.807, 2.05) is 11.9 Å². The molecule has 0 saturated carbocycles. The number of aliphatic carboxylic acids is 1. The predicted octanol–water partition coefficient (Wildman–Crippen LogP) is 2.26. The molecule has 0 unspecified atom stereocenters. The molecular weight excluding hydrogens is 228 g/mol. The van der Waals surface area contributed by atoms with Gasteiger partial charge in [0.15, 0.2) is 11.6 Å². The van der Waals surface area contributed by atoms with Crippen LogP contribution in [0.5, 0.6) is 0 Å². The van der Waals surface area contributed by atoms with E-state index in [9.17, 15) is 13.6 Å². The zero-order valence-corrected chi connectivity index (χ0v) is 9.62. The number of hydrogen-bond acceptors (Lipinski definition) is 2. The lowest BCUT2D eigenvalue weighted by Gasteiger charge is -2.16. The standard InChI is InChI=1S/C12H15F2NO2/c1-15(6-2-3-12(16)17)8-9-4-5-10(13)11(14)7-9/h4-5,7H,2-3,6,8H2,1H3,(H,16,17). The normalized spacial score (nSPS) is 10.8. The summed E-state index contributed by atoms with van der Waals surface area (Å²) in [6.07, 6.45) is 0.650. The van der Waals surface area contributed by atoms with E-state index in [4.69, 9.17) is 5.11 Å². The van der Waals surface area contributed by atoms with Crippen molar-refractivity contribution in [1.29, 1.82) is 0 Å². The fourth-order valence-corrected chi connectivity index (χ4v) is 1.53. The highest BCUT2D eigenvalue weighted by molar-refractivity contribution is 5.66. The van der Waals surface area contributed by atoms with E-state index < -0.39 is 17.6 Å². The Morgan fingerprint density at radius 3 is 2.65 bits per heavy atom. The summed E-state index contributed by atoms with van der Waals surface area (Å²) in [6, 6.07) is 3.77. The highest BCUT2D eigenvalue weighted by atomic mass is 19.2. The molecule has 5 heteroatoms. The van der Waals surface area contributed by atoms with Crippen molar-refractivity contribution in [1.82, 2.24) is 4.90 Å². The lowest BCUT2D eigenvalue weighted by atomic mass is 10.2. The molecule has 0 saturated heterocycles. The van der Waals surface area contributed by atoms with E-state index in [1.54, 1.807) is 0 Å². The molecular formula is C12H15F2NO2. The van der Waals surface area contributed by atoms with Gasteiger partial charge in [0.05, 0.1) is 0 Å². The van der Waals surface area contributed by atoms with Gasteiger partial charge < -0.3 is 10.0 Å². The third kappa shape index (κ3) is 4.91. The van der Waals surface area contributed by atoms with Gasteiger partial charge in [0, 0.05) is 13.0 Å². The largest absolute Gasteiger partial charge is 0.481 e. The molecule has 0 aliphatic rings. The first-order valence-electron chi connectivity index (χ1n) is 5.33. The van der Waals surface area contributed by atoms with Crippen molar-refractivity contribution in [3.8, 4) is 0 Å². The predicted molar refractivity (Wildman–Crippen MR) is 59.6 cm³/mol. The molecule has 1 rings (SSSR count). The van der Waals surface area contributed by atoms with Crippen molar-refractivity contribution >= 4 is 5.97 Å². The maximum atomic E-state index is 12.9. The molecule has 1 N–H and O–H groups in total. The van der Waals surface area contributed by atoms with Crippen LogP contribution in [0.3, 0.4) is 0 Å². The molecule has 0 spiro atoms. The molecule has 17 heavy (non-hydrogen) atoms. The molecule has 0 heterocycles. The van der Waals surface area contributed by atoms with Crippen molar-refractivity contribution in [3.05, 3.63) is 35.4 Å². The summed E-state index contributed by atoms with van der Waals surface area (Å²) < 4.78 is 25.6. The SMILES string of the molecule is CN(CCCC(=O)O)Cc1ccc(F)c(F)c1. The summed E-state index contributed by atoms with van der Waals surface area (Å²) in [5, 5.41) is 8.47. The number of rotatable bonds is 6. The molecule has 3 nitrogen and oxygen atoms in total. The lowest BCUT2D eigenvalue weighted by molar-refractivity contribution is -0.137. The van der Waals surface area contributed by atoms with Crippen LogP contribution >= 0.6 is 0 Å². The van der Waals surface area contributed by atoms with Crippen LogP contribution in [0, 0.1) is 11.6 Å². The van der Waals surface area contributed by atoms with Gasteiger partial charge in [0.25, 0.3) is 0 Å². The van der Waals surface area contributed by atoms with E-state index in [1.165, 1.54) is 6.07 Å². The maximum Gasteiger partial charge on any atom is 0.303 e. The first-order chi connectivity index (χ1) is 7.99. The average molecular weight is 243 g/mol. The molecule has 94 valence electrons. The summed E-state index contributed by atoms with van der Waals surface area (Å²) in [7, 11) is 1.81. The van der Waals surface area contributed by atoms with E-state index in [-0.39, 0.29) is 6.42 Å². The third-order valence-corrected chi connectivity index (χ3v) is 2.37. The molecule has 0 aromatic heterocycles. The van der Waals surface area contributed by atoms with Crippen LogP contribution in [0.25, 0.3) is 0 Å². The highest BCUT2D eigenvalue weighted by Crippen LogP contribution is 2.10. The monoisotopic (exact) mass is 243 g/mol. The van der Waals surface area contributed by atoms with Gasteiger partial charge in [-0.05, 0) is 37.7 Å². The van der Waals surface area contributed by atoms with Crippen molar-refractivity contribution in [2.45, 2.75) is 19.4 Å². The molecule has 0 fully saturated rings. The molecule has 0 aliphatic heterocycles. The summed E-state index contributed by atoms with van der Waals surface area (Å²) in [4.78, 5) is 12.2. The van der Waals surface area contributed by atoms with Gasteiger partial charge >= 0.3 is 5.97 Å². The third-order valence-electron chi connectivity index (χ3n) is 2.37. The number of carboxylic acids is 1. The Balaban J connectivity index is 2.42. The van der Waals surface area contributed by atoms with Gasteiger partial charge in [-0.2, -0.15) is 0 Å². The van der Waals surface area contributed by atoms with Gasteiger partial charge in [0.1, 0.15) is 0 Å². The van der Waals surface area contributed by atoms with E-state index >= 15 is 0 Å². The Morgan fingerprint density at radius 1 is 1.35 bits per heavy atom. The molecule has 0 bridgehead atoms. The lowest BCUT2D eigenvalue weighted by Crippen LogP contribution is -2.20. The first kappa shape index (κ1) is 13.6. The number of halogens is 2. The fourth-order valence-electron chi connectivity index (χ4n) is 1.53. The number of nitrogens with zero attached hydrogens (tertiary/aromatic N) is 1. The smallest absolute Gasteiger partial charge is 0.303 e. The number of benzene rings is 1. The molecule has 1 aromatic rings. The van der Waals surface area contributed by atoms with Crippen LogP contribution < -0.4 is 0 Å². The van der Waals surface area contributed by atoms with E-state index in [0.717, 1.165) is 12.1 Å². The zero-order chi connectivity index (χ0) is 12.8. The zero-order valence-electron chi connectivity index (χ0n) is 9.62. The van der Waals surface area contributed by atoms with Crippen molar-refractivity contribution in [2.24, 2.45) is 0 Å². The minimum Gasteiger partial charge on any atom is -0.481 e. The van der Waals surface area contributed by atoms with Gasteiger partial charge in [-0.25, -0.2) is 8.78 Å². The Bertz CT molecular complexity index is 396. The Morgan fingerprint density at radius 2 is 2.06 bits per heavy atom. The van der Waals surface area contributed by atoms with Crippen LogP contribution in [0.1, 0.15) is 18.4 Å². The van der Waals surface area contributed by atoms with Crippen molar-refractivity contribution in [3.63, 3.8) is 0 Å². The summed E-state index contributed by atoms with van der Waals surface area (Å²) in [5.41, 5.74) is 0.668. The van der Waals surface area contributed by atoms with Crippen LogP contribution in [-0.2, 0) is 11.3 Å². The van der Waals surface area contributed by atoms with Crippen molar-refractivity contribution in [2.75, 3.05) is 13.6 Å². The summed E-state index contributed by atoms with van der Waals surface area (Å²) >= 11 is 0. The van der Waals surface area contributed by atoms with Crippen LogP contribution in [0.2, 0.25) is 0 Å². The fraction of sp³-hybridized carbons (Fsp3) is 0.417. The average Bonchev–Trinajstić information content (AvgIpc) is 2.23. The summed E-state index contributed by atoms with van der Waals surface area (Å²) in [5.74, 6) is -2.55. The second-order valence-electron chi connectivity index (χ2n) is 3.98. The van der Waals surface area contributed by atoms with E-state index in [2.05, 4.69) is 0 Å². The number of carboxylic acid groups (broad SMARTS) is 1. The molecule has 0 radical (unpaired) electrons. The first-order valence-corrected chi connectivity index (χ1v) is 5.33. The molecule has 0 amide bonds. The minimum absolute atomic E-state index is 0.113. The second kappa shape index (κ2) is 6.30. The maximum absolute atomic E-state index is 12.9. The molecule has 1 aromatic carbocycles. The van der Waals surface area contributed by atoms with Gasteiger partial charge in [-0.15, -0.1) is 0 Å². The quantitative estimate of drug-likeness (QED) is 0.833. The molecule has 0 atom stereocenters. The molecule has 0 aliphatic carbocycles. The number of carbonyl (C=O) groups is 1. The number of hydrogen-bond donors (Lipinski definition) is 1. The Hall–Kier alpha value is -1.49. The van der Waals surface area contributed by atoms with Gasteiger partial charge in [-0.1, -0.05) is 6.07 Å². The van der Waals surface area contributed by atoms with Crippen molar-refractivity contribution < 1.29 is 18.7 Å². The Kier molecular flexibility index (Phi) is 5.03. The van der Waals surface area contributed by atoms with Crippen LogP contribution in [0.15, 0.2) is 18.2 Å². The van der Waals surface area contributed by atoms with Crippen LogP contribution in [0.4, 0.5) is 8.78 Å². The summed E-state index contributed by atoms with van der Waals surface area (Å²) in [6.45, 7) is 1.07. The Labute approximate surface area is 98.7 Å². The van der Waals surface area contributed by atoms with Crippen LogP contribution in [-0.4, -0.2) is 29.6 Å². The second-order valence-corrected chi connectivity index (χ2v) is 3.98. The van der Waals surface area contributed by atoms with E-state index in [0.29, 0.717) is 25.1 Å². The van der Waals surface area contributed by atoms with Gasteiger partial charge in [0.2, 0.25) is 0 Å². The van der Waals surface area contributed by atoms with Gasteiger partial charge in [-0.3, -0.25) is 4.79 Å². The minimum atomic E-state index is -0.860.